The van der Waals surface area contributed by atoms with Crippen LogP contribution in [0.2, 0.25) is 0 Å². The third-order valence-corrected chi connectivity index (χ3v) is 5.49. The van der Waals surface area contributed by atoms with Gasteiger partial charge in [-0.15, -0.1) is 0 Å². The van der Waals surface area contributed by atoms with Crippen LogP contribution in [0.4, 0.5) is 5.82 Å². The highest BCUT2D eigenvalue weighted by Crippen LogP contribution is 2.50. The molecule has 1 aliphatic carbocycles. The molecular weight excluding hydrogens is 306 g/mol. The Morgan fingerprint density at radius 1 is 1.42 bits per heavy atom. The molecule has 1 aliphatic heterocycles. The van der Waals surface area contributed by atoms with Crippen LogP contribution in [0.1, 0.15) is 35.5 Å². The smallest absolute Gasteiger partial charge is 0.276 e. The number of likely N-dealkylation sites (tertiary alicyclic amines) is 1. The van der Waals surface area contributed by atoms with Crippen molar-refractivity contribution in [3.05, 3.63) is 36.4 Å². The summed E-state index contributed by atoms with van der Waals surface area (Å²) in [6, 6.07) is 2.41. The monoisotopic (exact) mass is 327 g/mol. The van der Waals surface area contributed by atoms with Gasteiger partial charge >= 0.3 is 0 Å². The molecule has 24 heavy (non-hydrogen) atoms. The van der Waals surface area contributed by atoms with E-state index in [-0.39, 0.29) is 11.3 Å². The Bertz CT molecular complexity index is 738. The van der Waals surface area contributed by atoms with Crippen LogP contribution in [0.15, 0.2) is 29.4 Å². The third-order valence-electron chi connectivity index (χ3n) is 5.49. The van der Waals surface area contributed by atoms with E-state index in [2.05, 4.69) is 26.9 Å². The lowest BCUT2D eigenvalue weighted by Crippen LogP contribution is -2.51. The number of anilines is 1. The fourth-order valence-corrected chi connectivity index (χ4v) is 4.00. The van der Waals surface area contributed by atoms with Gasteiger partial charge in [0.05, 0.1) is 0 Å². The molecule has 0 atom stereocenters. The van der Waals surface area contributed by atoms with Crippen LogP contribution < -0.4 is 4.90 Å². The number of carbonyl (C=O) groups is 1. The van der Waals surface area contributed by atoms with E-state index < -0.39 is 0 Å². The van der Waals surface area contributed by atoms with Gasteiger partial charge in [0, 0.05) is 32.4 Å². The Hall–Kier alpha value is -2.44. The number of rotatable bonds is 3. The second kappa shape index (κ2) is 5.58. The summed E-state index contributed by atoms with van der Waals surface area (Å²) in [6.07, 6.45) is 7.93. The standard InChI is InChI=1S/C17H21N5O2/c1-12-15(20-11-24-12)16(23)22-6-4-17(9-22)7-13(8-17)21(2)14-3-5-18-10-19-14/h3,5,10-11,13H,4,6-9H2,1-2H3. The van der Waals surface area contributed by atoms with Crippen LogP contribution in [0.25, 0.3) is 0 Å². The maximum Gasteiger partial charge on any atom is 0.276 e. The molecule has 2 fully saturated rings. The predicted molar refractivity (Wildman–Crippen MR) is 87.7 cm³/mol. The van der Waals surface area contributed by atoms with E-state index in [0.717, 1.165) is 38.2 Å². The summed E-state index contributed by atoms with van der Waals surface area (Å²) in [6.45, 7) is 3.39. The Kier molecular flexibility index (Phi) is 3.51. The average molecular weight is 327 g/mol. The number of carbonyl (C=O) groups excluding carboxylic acids is 1. The fourth-order valence-electron chi connectivity index (χ4n) is 4.00. The first-order chi connectivity index (χ1) is 11.6. The van der Waals surface area contributed by atoms with E-state index in [9.17, 15) is 4.79 Å². The molecule has 0 N–H and O–H groups in total. The van der Waals surface area contributed by atoms with Gasteiger partial charge in [-0.1, -0.05) is 0 Å². The van der Waals surface area contributed by atoms with Gasteiger partial charge in [-0.25, -0.2) is 15.0 Å². The molecule has 2 aromatic heterocycles. The zero-order valence-corrected chi connectivity index (χ0v) is 14.0. The second-order valence-corrected chi connectivity index (χ2v) is 6.97. The van der Waals surface area contributed by atoms with Crippen LogP contribution >= 0.6 is 0 Å². The van der Waals surface area contributed by atoms with Gasteiger partial charge in [0.1, 0.15) is 17.9 Å². The van der Waals surface area contributed by atoms with Crippen LogP contribution in [-0.2, 0) is 0 Å². The van der Waals surface area contributed by atoms with E-state index in [1.54, 1.807) is 19.4 Å². The summed E-state index contributed by atoms with van der Waals surface area (Å²) in [4.78, 5) is 29.0. The molecule has 4 rings (SSSR count). The summed E-state index contributed by atoms with van der Waals surface area (Å²) >= 11 is 0. The van der Waals surface area contributed by atoms with E-state index in [1.807, 2.05) is 11.0 Å². The minimum Gasteiger partial charge on any atom is -0.448 e. The van der Waals surface area contributed by atoms with Gasteiger partial charge in [-0.3, -0.25) is 4.79 Å². The second-order valence-electron chi connectivity index (χ2n) is 6.97. The van der Waals surface area contributed by atoms with E-state index in [1.165, 1.54) is 6.39 Å². The minimum absolute atomic E-state index is 0.00858. The summed E-state index contributed by atoms with van der Waals surface area (Å²) in [7, 11) is 2.08. The first-order valence-electron chi connectivity index (χ1n) is 8.26. The number of hydrogen-bond acceptors (Lipinski definition) is 6. The summed E-state index contributed by atoms with van der Waals surface area (Å²) in [5, 5.41) is 0. The summed E-state index contributed by atoms with van der Waals surface area (Å²) < 4.78 is 5.16. The lowest BCUT2D eigenvalue weighted by Gasteiger charge is -2.49. The molecule has 2 aliphatic rings. The summed E-state index contributed by atoms with van der Waals surface area (Å²) in [5.41, 5.74) is 0.695. The molecule has 1 amide bonds. The number of oxazole rings is 1. The Labute approximate surface area is 140 Å². The SMILES string of the molecule is Cc1ocnc1C(=O)N1CCC2(CC(N(C)c3ccncn3)C2)C1. The largest absolute Gasteiger partial charge is 0.448 e. The normalized spacial score (nSPS) is 25.8. The molecule has 1 saturated heterocycles. The number of hydrogen-bond donors (Lipinski definition) is 0. The van der Waals surface area contributed by atoms with Crippen molar-refractivity contribution >= 4 is 11.7 Å². The van der Waals surface area contributed by atoms with E-state index in [0.29, 0.717) is 17.5 Å². The van der Waals surface area contributed by atoms with Gasteiger partial charge in [0.25, 0.3) is 5.91 Å². The van der Waals surface area contributed by atoms with Crippen molar-refractivity contribution in [1.82, 2.24) is 19.9 Å². The van der Waals surface area contributed by atoms with E-state index in [4.69, 9.17) is 4.42 Å². The van der Waals surface area contributed by atoms with Crippen molar-refractivity contribution in [1.29, 1.82) is 0 Å². The lowest BCUT2D eigenvalue weighted by molar-refractivity contribution is 0.0692. The van der Waals surface area contributed by atoms with Crippen molar-refractivity contribution in [3.8, 4) is 0 Å². The zero-order chi connectivity index (χ0) is 16.7. The molecule has 7 nitrogen and oxygen atoms in total. The van der Waals surface area contributed by atoms with Gasteiger partial charge in [0.2, 0.25) is 0 Å². The zero-order valence-electron chi connectivity index (χ0n) is 14.0. The number of aryl methyl sites for hydroxylation is 1. The van der Waals surface area contributed by atoms with E-state index >= 15 is 0 Å². The Balaban J connectivity index is 1.38. The molecule has 1 spiro atoms. The predicted octanol–water partition coefficient (Wildman–Crippen LogP) is 1.90. The number of nitrogens with zero attached hydrogens (tertiary/aromatic N) is 5. The molecule has 1 saturated carbocycles. The first-order valence-corrected chi connectivity index (χ1v) is 8.26. The Morgan fingerprint density at radius 2 is 2.25 bits per heavy atom. The molecule has 2 aromatic rings. The summed E-state index contributed by atoms with van der Waals surface area (Å²) in [5.74, 6) is 1.54. The molecule has 3 heterocycles. The molecule has 126 valence electrons. The highest BCUT2D eigenvalue weighted by atomic mass is 16.3. The van der Waals surface area contributed by atoms with Crippen LogP contribution in [0.3, 0.4) is 0 Å². The van der Waals surface area contributed by atoms with Crippen LogP contribution in [0, 0.1) is 12.3 Å². The van der Waals surface area contributed by atoms with Crippen molar-refractivity contribution in [2.75, 3.05) is 25.0 Å². The topological polar surface area (TPSA) is 75.4 Å². The van der Waals surface area contributed by atoms with Crippen LogP contribution in [-0.4, -0.2) is 51.9 Å². The third kappa shape index (κ3) is 2.44. The first kappa shape index (κ1) is 15.1. The van der Waals surface area contributed by atoms with Gasteiger partial charge in [0.15, 0.2) is 12.1 Å². The molecule has 7 heteroatoms. The molecule has 0 radical (unpaired) electrons. The number of amides is 1. The quantitative estimate of drug-likeness (QED) is 0.857. The van der Waals surface area contributed by atoms with Crippen molar-refractivity contribution in [2.24, 2.45) is 5.41 Å². The van der Waals surface area contributed by atoms with Gasteiger partial charge in [-0.2, -0.15) is 0 Å². The van der Waals surface area contributed by atoms with Crippen molar-refractivity contribution in [2.45, 2.75) is 32.2 Å². The van der Waals surface area contributed by atoms with Crippen molar-refractivity contribution < 1.29 is 9.21 Å². The maximum absolute atomic E-state index is 12.6. The lowest BCUT2D eigenvalue weighted by atomic mass is 9.64. The minimum atomic E-state index is -0.00858. The Morgan fingerprint density at radius 3 is 2.92 bits per heavy atom. The molecule has 0 aromatic carbocycles. The molecule has 0 bridgehead atoms. The highest BCUT2D eigenvalue weighted by Gasteiger charge is 2.51. The average Bonchev–Trinajstić information content (AvgIpc) is 3.20. The fraction of sp³-hybridized carbons (Fsp3) is 0.529. The van der Waals surface area contributed by atoms with Crippen LogP contribution in [0.5, 0.6) is 0 Å². The van der Waals surface area contributed by atoms with Gasteiger partial charge < -0.3 is 14.2 Å². The maximum atomic E-state index is 12.6. The highest BCUT2D eigenvalue weighted by molar-refractivity contribution is 5.93. The van der Waals surface area contributed by atoms with Gasteiger partial charge in [-0.05, 0) is 37.7 Å². The number of aromatic nitrogens is 3. The molecule has 0 unspecified atom stereocenters. The molecular formula is C17H21N5O2. The van der Waals surface area contributed by atoms with Crippen molar-refractivity contribution in [3.63, 3.8) is 0 Å².